The zero-order valence-corrected chi connectivity index (χ0v) is 28.2. The van der Waals surface area contributed by atoms with Gasteiger partial charge >= 0.3 is 0 Å². The minimum atomic E-state index is -1.39. The van der Waals surface area contributed by atoms with E-state index in [4.69, 9.17) is 16.3 Å². The summed E-state index contributed by atoms with van der Waals surface area (Å²) in [5.74, 6) is -3.80. The Morgan fingerprint density at radius 1 is 0.824 bits per heavy atom. The average molecular weight is 697 g/mol. The predicted octanol–water partition coefficient (Wildman–Crippen LogP) is 6.76. The van der Waals surface area contributed by atoms with Crippen LogP contribution in [-0.4, -0.2) is 33.6 Å². The Morgan fingerprint density at radius 3 is 2.35 bits per heavy atom. The number of hydrogen-bond donors (Lipinski definition) is 1. The number of hydrogen-bond acceptors (Lipinski definition) is 6. The smallest absolute Gasteiger partial charge is 0.246 e. The number of benzene rings is 4. The highest BCUT2D eigenvalue weighted by molar-refractivity contribution is 6.32. The normalized spacial score (nSPS) is 28.0. The van der Waals surface area contributed by atoms with Gasteiger partial charge in [0.1, 0.15) is 11.5 Å². The van der Waals surface area contributed by atoms with Crippen molar-refractivity contribution in [2.45, 2.75) is 31.2 Å². The Kier molecular flexibility index (Phi) is 7.30. The van der Waals surface area contributed by atoms with Gasteiger partial charge in [0, 0.05) is 22.9 Å². The van der Waals surface area contributed by atoms with Gasteiger partial charge in [-0.25, -0.2) is 4.90 Å². The van der Waals surface area contributed by atoms with Crippen LogP contribution in [0.3, 0.4) is 0 Å². The second kappa shape index (κ2) is 11.8. The summed E-state index contributed by atoms with van der Waals surface area (Å²) >= 11 is 6.42. The minimum Gasteiger partial charge on any atom is -0.508 e. The summed E-state index contributed by atoms with van der Waals surface area (Å²) in [6, 6.07) is 30.5. The van der Waals surface area contributed by atoms with Crippen molar-refractivity contribution in [1.82, 2.24) is 4.90 Å². The molecular formula is C42H33ClN2O6. The number of amides is 4. The summed E-state index contributed by atoms with van der Waals surface area (Å²) in [4.78, 5) is 61.4. The van der Waals surface area contributed by atoms with Crippen molar-refractivity contribution < 1.29 is 29.0 Å². The second-order valence-electron chi connectivity index (χ2n) is 14.1. The fourth-order valence-corrected chi connectivity index (χ4v) is 9.73. The largest absolute Gasteiger partial charge is 0.508 e. The van der Waals surface area contributed by atoms with Gasteiger partial charge in [-0.15, -0.1) is 0 Å². The molecule has 2 aliphatic carbocycles. The number of rotatable bonds is 5. The number of aromatic hydroxyl groups is 1. The van der Waals surface area contributed by atoms with Crippen LogP contribution in [0.5, 0.6) is 11.5 Å². The van der Waals surface area contributed by atoms with E-state index in [2.05, 4.69) is 0 Å². The van der Waals surface area contributed by atoms with Crippen molar-refractivity contribution in [2.24, 2.45) is 29.6 Å². The van der Waals surface area contributed by atoms with E-state index in [1.807, 2.05) is 66.7 Å². The standard InChI is InChI=1S/C42H33ClN2O6/c43-28-12-7-13-29(20-28)45-39(48)34-21-33-31(15-16-32-36(33)40(49)44(38(32)47)22-24-8-3-1-4-9-24)37(42(34,41(45)50)27-10-5-2-6-11-27)26-18-25-19-30(46)14-17-35(25)51-23-26/h1-15,17,19-20,23,32-34,36-37,46H,16,18,21-22H2. The van der Waals surface area contributed by atoms with Crippen molar-refractivity contribution in [3.8, 4) is 11.5 Å². The second-order valence-corrected chi connectivity index (χ2v) is 14.6. The van der Waals surface area contributed by atoms with Gasteiger partial charge in [-0.2, -0.15) is 0 Å². The molecule has 5 aliphatic rings. The number of halogens is 1. The van der Waals surface area contributed by atoms with E-state index in [-0.39, 0.29) is 42.3 Å². The molecule has 6 unspecified atom stereocenters. The average Bonchev–Trinajstić information content (AvgIpc) is 3.52. The van der Waals surface area contributed by atoms with Gasteiger partial charge in [-0.1, -0.05) is 90.0 Å². The molecule has 3 heterocycles. The van der Waals surface area contributed by atoms with Crippen molar-refractivity contribution in [2.75, 3.05) is 4.90 Å². The summed E-state index contributed by atoms with van der Waals surface area (Å²) in [6.45, 7) is 0.174. The van der Waals surface area contributed by atoms with E-state index < -0.39 is 35.0 Å². The molecule has 6 atom stereocenters. The molecule has 51 heavy (non-hydrogen) atoms. The van der Waals surface area contributed by atoms with Crippen molar-refractivity contribution in [3.63, 3.8) is 0 Å². The minimum absolute atomic E-state index is 0.0864. The zero-order chi connectivity index (χ0) is 35.0. The van der Waals surface area contributed by atoms with Gasteiger partial charge in [0.25, 0.3) is 0 Å². The van der Waals surface area contributed by atoms with Crippen LogP contribution in [0.1, 0.15) is 29.5 Å². The quantitative estimate of drug-likeness (QED) is 0.183. The van der Waals surface area contributed by atoms with Crippen LogP contribution in [0.4, 0.5) is 5.69 Å². The lowest BCUT2D eigenvalue weighted by Crippen LogP contribution is -2.55. The lowest BCUT2D eigenvalue weighted by Gasteiger charge is -2.51. The van der Waals surface area contributed by atoms with Gasteiger partial charge in [0.2, 0.25) is 23.6 Å². The molecule has 2 saturated heterocycles. The third-order valence-corrected chi connectivity index (χ3v) is 11.8. The van der Waals surface area contributed by atoms with E-state index in [0.717, 1.165) is 22.3 Å². The lowest BCUT2D eigenvalue weighted by atomic mass is 9.48. The first-order valence-corrected chi connectivity index (χ1v) is 17.6. The van der Waals surface area contributed by atoms with E-state index in [9.17, 15) is 19.5 Å². The molecule has 0 spiro atoms. The van der Waals surface area contributed by atoms with Gasteiger partial charge in [-0.05, 0) is 71.9 Å². The number of phenolic OH excluding ortho intramolecular Hbond substituents is 1. The molecule has 0 aromatic heterocycles. The fourth-order valence-electron chi connectivity index (χ4n) is 9.55. The molecule has 4 aromatic carbocycles. The highest BCUT2D eigenvalue weighted by Crippen LogP contribution is 2.63. The van der Waals surface area contributed by atoms with Gasteiger partial charge in [0.15, 0.2) is 0 Å². The van der Waals surface area contributed by atoms with Crippen LogP contribution in [0.25, 0.3) is 0 Å². The number of imide groups is 2. The van der Waals surface area contributed by atoms with Crippen LogP contribution in [0.15, 0.2) is 127 Å². The molecule has 3 fully saturated rings. The van der Waals surface area contributed by atoms with Gasteiger partial charge < -0.3 is 9.84 Å². The number of fused-ring (bicyclic) bond motifs is 5. The summed E-state index contributed by atoms with van der Waals surface area (Å²) in [5.41, 5.74) is 2.89. The SMILES string of the molecule is O=C1C2CC=C3C(CC4C(=O)N(c5cccc(Cl)c5)C(=O)C4(c4ccccc4)C3C3=COc4ccc(O)cc4C3)C2C(=O)N1Cc1ccccc1. The van der Waals surface area contributed by atoms with Gasteiger partial charge in [0.05, 0.1) is 41.7 Å². The molecule has 1 N–H and O–H groups in total. The zero-order valence-electron chi connectivity index (χ0n) is 27.4. The first kappa shape index (κ1) is 31.5. The van der Waals surface area contributed by atoms with Crippen LogP contribution in [0, 0.1) is 29.6 Å². The highest BCUT2D eigenvalue weighted by Gasteiger charge is 2.70. The first-order valence-electron chi connectivity index (χ1n) is 17.2. The molecule has 3 aliphatic heterocycles. The molecule has 254 valence electrons. The van der Waals surface area contributed by atoms with Crippen molar-refractivity contribution in [1.29, 1.82) is 0 Å². The van der Waals surface area contributed by atoms with Crippen LogP contribution < -0.4 is 9.64 Å². The van der Waals surface area contributed by atoms with Crippen LogP contribution in [-0.2, 0) is 37.6 Å². The number of carbonyl (C=O) groups is 4. The predicted molar refractivity (Wildman–Crippen MR) is 189 cm³/mol. The molecule has 4 amide bonds. The number of nitrogens with zero attached hydrogens (tertiary/aromatic N) is 2. The fraction of sp³-hybridized carbons (Fsp3) is 0.238. The Bertz CT molecular complexity index is 2200. The first-order chi connectivity index (χ1) is 24.8. The molecule has 4 aromatic rings. The molecule has 0 radical (unpaired) electrons. The third kappa shape index (κ3) is 4.66. The summed E-state index contributed by atoms with van der Waals surface area (Å²) in [5, 5.41) is 10.8. The van der Waals surface area contributed by atoms with Gasteiger partial charge in [-0.3, -0.25) is 24.1 Å². The van der Waals surface area contributed by atoms with E-state index in [1.54, 1.807) is 48.7 Å². The number of anilines is 1. The summed E-state index contributed by atoms with van der Waals surface area (Å²) in [7, 11) is 0. The summed E-state index contributed by atoms with van der Waals surface area (Å²) < 4.78 is 6.19. The maximum atomic E-state index is 15.4. The molecule has 9 heteroatoms. The molecule has 1 saturated carbocycles. The molecule has 0 bridgehead atoms. The molecule has 9 rings (SSSR count). The Morgan fingerprint density at radius 2 is 1.59 bits per heavy atom. The van der Waals surface area contributed by atoms with Crippen LogP contribution in [0.2, 0.25) is 5.02 Å². The van der Waals surface area contributed by atoms with E-state index >= 15 is 4.79 Å². The molecular weight excluding hydrogens is 664 g/mol. The Balaban J connectivity index is 1.23. The topological polar surface area (TPSA) is 104 Å². The Hall–Kier alpha value is -5.47. The Labute approximate surface area is 299 Å². The van der Waals surface area contributed by atoms with Crippen molar-refractivity contribution in [3.05, 3.63) is 148 Å². The number of likely N-dealkylation sites (tertiary alicyclic amines) is 1. The van der Waals surface area contributed by atoms with Crippen molar-refractivity contribution >= 4 is 40.9 Å². The number of ether oxygens (including phenoxy) is 1. The number of phenols is 1. The third-order valence-electron chi connectivity index (χ3n) is 11.6. The maximum absolute atomic E-state index is 15.4. The van der Waals surface area contributed by atoms with E-state index in [0.29, 0.717) is 34.9 Å². The van der Waals surface area contributed by atoms with Crippen LogP contribution >= 0.6 is 11.6 Å². The molecule has 8 nitrogen and oxygen atoms in total. The summed E-state index contributed by atoms with van der Waals surface area (Å²) in [6.07, 6.45) is 4.62. The van der Waals surface area contributed by atoms with E-state index in [1.165, 1.54) is 9.80 Å². The maximum Gasteiger partial charge on any atom is 0.246 e. The number of allylic oxidation sites excluding steroid dienone is 3. The lowest BCUT2D eigenvalue weighted by molar-refractivity contribution is -0.141. The highest BCUT2D eigenvalue weighted by atomic mass is 35.5. The monoisotopic (exact) mass is 696 g/mol. The number of carbonyl (C=O) groups excluding carboxylic acids is 4.